The second-order valence-electron chi connectivity index (χ2n) is 8.09. The topological polar surface area (TPSA) is 105 Å². The lowest BCUT2D eigenvalue weighted by molar-refractivity contribution is 0.635. The third-order valence-corrected chi connectivity index (χ3v) is 5.69. The number of benzene rings is 2. The Morgan fingerprint density at radius 3 is 2.59 bits per heavy atom. The molecule has 5 rings (SSSR count). The van der Waals surface area contributed by atoms with Gasteiger partial charge in [0.2, 0.25) is 0 Å². The van der Waals surface area contributed by atoms with Crippen LogP contribution in [0.3, 0.4) is 0 Å². The van der Waals surface area contributed by atoms with Crippen LogP contribution in [0.2, 0.25) is 0 Å². The molecule has 32 heavy (non-hydrogen) atoms. The summed E-state index contributed by atoms with van der Waals surface area (Å²) in [5, 5.41) is 0.598. The zero-order chi connectivity index (χ0) is 22.2. The van der Waals surface area contributed by atoms with Gasteiger partial charge in [-0.3, -0.25) is 9.36 Å². The average molecular weight is 425 g/mol. The van der Waals surface area contributed by atoms with Crippen LogP contribution in [0.4, 0.5) is 5.82 Å². The smallest absolute Gasteiger partial charge is 0.261 e. The van der Waals surface area contributed by atoms with Crippen molar-refractivity contribution in [2.24, 2.45) is 0 Å². The molecule has 2 aromatic carbocycles. The summed E-state index contributed by atoms with van der Waals surface area (Å²) in [4.78, 5) is 31.1. The van der Waals surface area contributed by atoms with Gasteiger partial charge in [-0.2, -0.15) is 0 Å². The van der Waals surface area contributed by atoms with Crippen molar-refractivity contribution in [1.29, 1.82) is 0 Å². The van der Waals surface area contributed by atoms with Crippen LogP contribution in [0.5, 0.6) is 0 Å². The largest absolute Gasteiger partial charge is 0.382 e. The Morgan fingerprint density at radius 1 is 0.969 bits per heavy atom. The molecule has 0 spiro atoms. The highest BCUT2D eigenvalue weighted by Gasteiger charge is 2.16. The predicted molar refractivity (Wildman–Crippen MR) is 124 cm³/mol. The van der Waals surface area contributed by atoms with E-state index in [1.165, 1.54) is 11.9 Å². The number of fused-ring (bicyclic) bond motifs is 2. The summed E-state index contributed by atoms with van der Waals surface area (Å²) in [5.41, 5.74) is 10.00. The number of nitrogen functional groups attached to an aromatic ring is 1. The number of aromatic nitrogens is 6. The maximum Gasteiger partial charge on any atom is 0.261 e. The van der Waals surface area contributed by atoms with Gasteiger partial charge in [0, 0.05) is 0 Å². The summed E-state index contributed by atoms with van der Waals surface area (Å²) in [7, 11) is 0. The first-order valence-corrected chi connectivity index (χ1v) is 10.5. The normalized spacial score (nSPS) is 11.6. The highest BCUT2D eigenvalue weighted by molar-refractivity contribution is 5.81. The molecular weight excluding hydrogens is 402 g/mol. The van der Waals surface area contributed by atoms with E-state index >= 15 is 0 Å². The van der Waals surface area contributed by atoms with Gasteiger partial charge < -0.3 is 10.3 Å². The Bertz CT molecular complexity index is 1500. The van der Waals surface area contributed by atoms with Crippen molar-refractivity contribution < 1.29 is 0 Å². The summed E-state index contributed by atoms with van der Waals surface area (Å²) in [6, 6.07) is 15.6. The van der Waals surface area contributed by atoms with Crippen molar-refractivity contribution in [1.82, 2.24) is 29.1 Å². The van der Waals surface area contributed by atoms with Gasteiger partial charge in [0.1, 0.15) is 17.7 Å². The van der Waals surface area contributed by atoms with Crippen LogP contribution >= 0.6 is 0 Å². The van der Waals surface area contributed by atoms with E-state index in [0.29, 0.717) is 52.7 Å². The van der Waals surface area contributed by atoms with E-state index in [1.807, 2.05) is 41.0 Å². The van der Waals surface area contributed by atoms with E-state index in [2.05, 4.69) is 40.9 Å². The van der Waals surface area contributed by atoms with Gasteiger partial charge in [-0.15, -0.1) is 0 Å². The number of hydrogen-bond acceptors (Lipinski definition) is 6. The van der Waals surface area contributed by atoms with E-state index in [0.717, 1.165) is 5.56 Å². The Balaban J connectivity index is 1.68. The minimum atomic E-state index is -0.0669. The zero-order valence-corrected chi connectivity index (χ0v) is 17.9. The Labute approximate surface area is 184 Å². The highest BCUT2D eigenvalue weighted by Crippen LogP contribution is 2.21. The molecule has 0 aliphatic rings. The lowest BCUT2D eigenvalue weighted by atomic mass is 9.97. The number of rotatable bonds is 5. The van der Waals surface area contributed by atoms with Crippen LogP contribution in [0.15, 0.2) is 66.0 Å². The van der Waals surface area contributed by atoms with Gasteiger partial charge in [-0.25, -0.2) is 19.9 Å². The summed E-state index contributed by atoms with van der Waals surface area (Å²) in [5.74, 6) is 1.29. The lowest BCUT2D eigenvalue weighted by Crippen LogP contribution is -2.27. The number of imidazole rings is 1. The van der Waals surface area contributed by atoms with Crippen molar-refractivity contribution in [3.05, 3.63) is 88.5 Å². The van der Waals surface area contributed by atoms with E-state index in [9.17, 15) is 4.79 Å². The highest BCUT2D eigenvalue weighted by atomic mass is 16.1. The molecule has 0 bridgehead atoms. The molecule has 0 aliphatic heterocycles. The maximum absolute atomic E-state index is 13.5. The first-order valence-electron chi connectivity index (χ1n) is 10.5. The number of anilines is 1. The van der Waals surface area contributed by atoms with Gasteiger partial charge in [0.05, 0.1) is 30.3 Å². The molecule has 8 nitrogen and oxygen atoms in total. The van der Waals surface area contributed by atoms with E-state index in [-0.39, 0.29) is 5.56 Å². The third kappa shape index (κ3) is 3.39. The average Bonchev–Trinajstić information content (AvgIpc) is 3.21. The molecule has 0 atom stereocenters. The number of nitrogens with zero attached hydrogens (tertiary/aromatic N) is 6. The molecule has 160 valence electrons. The minimum absolute atomic E-state index is 0.0669. The van der Waals surface area contributed by atoms with Crippen LogP contribution < -0.4 is 11.3 Å². The summed E-state index contributed by atoms with van der Waals surface area (Å²) < 4.78 is 3.59. The molecule has 2 N–H and O–H groups in total. The quantitative estimate of drug-likeness (QED) is 0.463. The monoisotopic (exact) mass is 425 g/mol. The third-order valence-electron chi connectivity index (χ3n) is 5.69. The van der Waals surface area contributed by atoms with Crippen LogP contribution in [0.1, 0.15) is 36.7 Å². The van der Waals surface area contributed by atoms with Crippen molar-refractivity contribution in [2.75, 3.05) is 5.73 Å². The zero-order valence-electron chi connectivity index (χ0n) is 17.9. The second-order valence-corrected chi connectivity index (χ2v) is 8.09. The van der Waals surface area contributed by atoms with Crippen LogP contribution in [0, 0.1) is 0 Å². The number of nitrogens with two attached hydrogens (primary N) is 1. The van der Waals surface area contributed by atoms with Gasteiger partial charge >= 0.3 is 0 Å². The van der Waals surface area contributed by atoms with Crippen LogP contribution in [-0.2, 0) is 13.1 Å². The van der Waals surface area contributed by atoms with Crippen molar-refractivity contribution >= 4 is 27.9 Å². The van der Waals surface area contributed by atoms with Gasteiger partial charge in [-0.1, -0.05) is 50.2 Å². The maximum atomic E-state index is 13.5. The molecule has 0 aliphatic carbocycles. The molecule has 5 aromatic rings. The molecule has 0 saturated heterocycles. The summed E-state index contributed by atoms with van der Waals surface area (Å²) >= 11 is 0. The van der Waals surface area contributed by atoms with Crippen molar-refractivity contribution in [3.8, 4) is 0 Å². The SMILES string of the molecule is CC(C)c1ccccc1Cn1c(Cn2cnc3c(N)ncnc32)nc2ccccc2c1=O. The second kappa shape index (κ2) is 7.88. The summed E-state index contributed by atoms with van der Waals surface area (Å²) in [6.45, 7) is 5.08. The van der Waals surface area contributed by atoms with Crippen molar-refractivity contribution in [3.63, 3.8) is 0 Å². The Kier molecular flexibility index (Phi) is 4.89. The summed E-state index contributed by atoms with van der Waals surface area (Å²) in [6.07, 6.45) is 3.07. The molecule has 0 saturated carbocycles. The van der Waals surface area contributed by atoms with Gasteiger partial charge in [0.15, 0.2) is 11.5 Å². The van der Waals surface area contributed by atoms with E-state index in [1.54, 1.807) is 10.9 Å². The molecule has 0 amide bonds. The number of para-hydroxylation sites is 1. The molecule has 0 fully saturated rings. The first-order chi connectivity index (χ1) is 15.5. The number of hydrogen-bond donors (Lipinski definition) is 1. The van der Waals surface area contributed by atoms with Crippen LogP contribution in [0.25, 0.3) is 22.1 Å². The van der Waals surface area contributed by atoms with Gasteiger partial charge in [0.25, 0.3) is 5.56 Å². The fourth-order valence-electron chi connectivity index (χ4n) is 4.08. The first kappa shape index (κ1) is 19.9. The van der Waals surface area contributed by atoms with Gasteiger partial charge in [-0.05, 0) is 29.2 Å². The fourth-order valence-corrected chi connectivity index (χ4v) is 4.08. The Hall–Kier alpha value is -4.07. The molecule has 0 unspecified atom stereocenters. The lowest BCUT2D eigenvalue weighted by Gasteiger charge is -2.17. The minimum Gasteiger partial charge on any atom is -0.382 e. The fraction of sp³-hybridized carbons (Fsp3) is 0.208. The Morgan fingerprint density at radius 2 is 1.75 bits per heavy atom. The molecule has 8 heteroatoms. The molecule has 0 radical (unpaired) electrons. The predicted octanol–water partition coefficient (Wildman–Crippen LogP) is 3.34. The van der Waals surface area contributed by atoms with Crippen molar-refractivity contribution in [2.45, 2.75) is 32.9 Å². The van der Waals surface area contributed by atoms with E-state index < -0.39 is 0 Å². The standard InChI is InChI=1S/C24H23N7O/c1-15(2)17-8-4-3-7-16(17)11-31-20(29-19-10-6-5-9-18(19)24(31)32)12-30-14-28-21-22(25)26-13-27-23(21)30/h3-10,13-15H,11-12H2,1-2H3,(H2,25,26,27). The van der Waals surface area contributed by atoms with Crippen LogP contribution in [-0.4, -0.2) is 29.1 Å². The molecule has 3 aromatic heterocycles. The molecular formula is C24H23N7O. The van der Waals surface area contributed by atoms with E-state index in [4.69, 9.17) is 10.7 Å². The molecule has 3 heterocycles.